The van der Waals surface area contributed by atoms with Crippen molar-refractivity contribution in [2.24, 2.45) is 0 Å². The molecule has 1 aromatic rings. The second-order valence-corrected chi connectivity index (χ2v) is 2.90. The summed E-state index contributed by atoms with van der Waals surface area (Å²) < 4.78 is 6.05. The average molecular weight is 243 g/mol. The molecule has 0 spiro atoms. The zero-order valence-electron chi connectivity index (χ0n) is 9.00. The molecule has 1 rings (SSSR count). The molecule has 17 heavy (non-hydrogen) atoms. The van der Waals surface area contributed by atoms with E-state index in [-0.39, 0.29) is 26.4 Å². The van der Waals surface area contributed by atoms with E-state index in [1.165, 1.54) is 12.7 Å². The van der Waals surface area contributed by atoms with Crippen LogP contribution in [0.2, 0.25) is 0 Å². The smallest absolute Gasteiger partial charge is 0.328 e. The molecule has 0 saturated heterocycles. The minimum absolute atomic E-state index is 0.0813. The van der Waals surface area contributed by atoms with E-state index < -0.39 is 11.8 Å². The first-order chi connectivity index (χ1) is 8.24. The van der Waals surface area contributed by atoms with Crippen molar-refractivity contribution < 1.29 is 19.4 Å². The van der Waals surface area contributed by atoms with Crippen LogP contribution >= 0.6 is 0 Å². The van der Waals surface area contributed by atoms with Crippen molar-refractivity contribution in [3.8, 4) is 0 Å². The highest BCUT2D eigenvalue weighted by Gasteiger charge is 2.12. The maximum atomic E-state index is 11.2. The Hall–Kier alpha value is -2.00. The second-order valence-electron chi connectivity index (χ2n) is 2.90. The largest absolute Gasteiger partial charge is 0.394 e. The predicted octanol–water partition coefficient (Wildman–Crippen LogP) is -2.53. The van der Waals surface area contributed by atoms with Crippen molar-refractivity contribution in [3.63, 3.8) is 0 Å². The fourth-order valence-corrected chi connectivity index (χ4v) is 0.910. The quantitative estimate of drug-likeness (QED) is 0.374. The van der Waals surface area contributed by atoms with Crippen LogP contribution in [0, 0.1) is 0 Å². The molecule has 0 aliphatic carbocycles. The molecule has 3 N–H and O–H groups in total. The van der Waals surface area contributed by atoms with Gasteiger partial charge in [0, 0.05) is 6.54 Å². The van der Waals surface area contributed by atoms with E-state index in [2.05, 4.69) is 20.9 Å². The van der Waals surface area contributed by atoms with E-state index in [4.69, 9.17) is 9.84 Å². The van der Waals surface area contributed by atoms with Crippen LogP contribution in [0.25, 0.3) is 0 Å². The molecule has 9 nitrogen and oxygen atoms in total. The van der Waals surface area contributed by atoms with Gasteiger partial charge in [-0.15, -0.1) is 10.2 Å². The lowest BCUT2D eigenvalue weighted by Gasteiger charge is -2.06. The fraction of sp³-hybridized carbons (Fsp3) is 0.500. The van der Waals surface area contributed by atoms with Gasteiger partial charge in [-0.2, -0.15) is 0 Å². The normalized spacial score (nSPS) is 9.94. The summed E-state index contributed by atoms with van der Waals surface area (Å²) in [6, 6.07) is 0. The number of aliphatic hydroxyl groups is 1. The maximum absolute atomic E-state index is 11.2. The maximum Gasteiger partial charge on any atom is 0.328 e. The van der Waals surface area contributed by atoms with Gasteiger partial charge in [0.15, 0.2) is 0 Å². The monoisotopic (exact) mass is 243 g/mol. The lowest BCUT2D eigenvalue weighted by molar-refractivity contribution is -0.136. The molecular weight excluding hydrogens is 230 g/mol. The van der Waals surface area contributed by atoms with Crippen molar-refractivity contribution in [2.45, 2.75) is 0 Å². The Morgan fingerprint density at radius 3 is 2.59 bits per heavy atom. The highest BCUT2D eigenvalue weighted by Crippen LogP contribution is 1.78. The van der Waals surface area contributed by atoms with Crippen molar-refractivity contribution in [3.05, 3.63) is 12.7 Å². The van der Waals surface area contributed by atoms with E-state index in [0.29, 0.717) is 0 Å². The summed E-state index contributed by atoms with van der Waals surface area (Å²) in [5, 5.41) is 17.7. The Kier molecular flexibility index (Phi) is 5.61. The summed E-state index contributed by atoms with van der Waals surface area (Å²) >= 11 is 0. The Balaban J connectivity index is 2.16. The number of aromatic nitrogens is 3. The molecule has 0 bridgehead atoms. The molecule has 0 unspecified atom stereocenters. The highest BCUT2D eigenvalue weighted by molar-refractivity contribution is 6.38. The van der Waals surface area contributed by atoms with Crippen molar-refractivity contribution >= 4 is 11.8 Å². The number of ether oxygens (including phenoxy) is 1. The number of hydrogen-bond acceptors (Lipinski definition) is 6. The van der Waals surface area contributed by atoms with Gasteiger partial charge < -0.3 is 15.2 Å². The molecular formula is C8H13N5O4. The zero-order valence-corrected chi connectivity index (χ0v) is 9.00. The lowest BCUT2D eigenvalue weighted by atomic mass is 10.5. The molecule has 9 heteroatoms. The Morgan fingerprint density at radius 1 is 1.24 bits per heavy atom. The molecule has 0 aliphatic rings. The van der Waals surface area contributed by atoms with Gasteiger partial charge in [0.25, 0.3) is 0 Å². The van der Waals surface area contributed by atoms with Gasteiger partial charge in [-0.05, 0) is 0 Å². The molecule has 0 saturated carbocycles. The number of carbonyl (C=O) groups is 2. The van der Waals surface area contributed by atoms with Crippen LogP contribution in [0.4, 0.5) is 0 Å². The summed E-state index contributed by atoms with van der Waals surface area (Å²) in [6.45, 7) is 0.533. The van der Waals surface area contributed by atoms with Crippen LogP contribution in [-0.2, 0) is 14.3 Å². The fourth-order valence-electron chi connectivity index (χ4n) is 0.910. The molecule has 0 aliphatic heterocycles. The molecule has 94 valence electrons. The van der Waals surface area contributed by atoms with Crippen LogP contribution in [0.5, 0.6) is 0 Å². The Morgan fingerprint density at radius 2 is 1.94 bits per heavy atom. The first-order valence-electron chi connectivity index (χ1n) is 4.86. The predicted molar refractivity (Wildman–Crippen MR) is 55.3 cm³/mol. The standard InChI is InChI=1S/C8H13N5O4/c14-2-4-17-3-1-9-7(15)8(16)12-13-5-10-11-6-13/h5-6,14H,1-4H2,(H,9,15)(H,12,16). The van der Waals surface area contributed by atoms with E-state index in [1.54, 1.807) is 0 Å². The van der Waals surface area contributed by atoms with E-state index >= 15 is 0 Å². The average Bonchev–Trinajstić information content (AvgIpc) is 2.81. The van der Waals surface area contributed by atoms with Crippen molar-refractivity contribution in [2.75, 3.05) is 31.8 Å². The number of amides is 2. The summed E-state index contributed by atoms with van der Waals surface area (Å²) in [4.78, 5) is 22.5. The van der Waals surface area contributed by atoms with Crippen LogP contribution < -0.4 is 10.7 Å². The van der Waals surface area contributed by atoms with E-state index in [0.717, 1.165) is 4.68 Å². The molecule has 2 amide bonds. The van der Waals surface area contributed by atoms with E-state index in [1.807, 2.05) is 0 Å². The van der Waals surface area contributed by atoms with Crippen molar-refractivity contribution in [1.82, 2.24) is 20.2 Å². The number of rotatable bonds is 6. The second kappa shape index (κ2) is 7.30. The summed E-state index contributed by atoms with van der Waals surface area (Å²) in [5.74, 6) is -1.61. The Bertz CT molecular complexity index is 353. The third-order valence-electron chi connectivity index (χ3n) is 1.62. The molecule has 0 aromatic carbocycles. The van der Waals surface area contributed by atoms with Crippen LogP contribution in [0.3, 0.4) is 0 Å². The topological polar surface area (TPSA) is 118 Å². The van der Waals surface area contributed by atoms with Gasteiger partial charge >= 0.3 is 11.8 Å². The van der Waals surface area contributed by atoms with Gasteiger partial charge in [-0.1, -0.05) is 0 Å². The zero-order chi connectivity index (χ0) is 12.5. The summed E-state index contributed by atoms with van der Waals surface area (Å²) in [5.41, 5.74) is 2.23. The summed E-state index contributed by atoms with van der Waals surface area (Å²) in [6.07, 6.45) is 2.49. The number of nitrogens with one attached hydrogen (secondary N) is 2. The number of carbonyl (C=O) groups excluding carboxylic acids is 2. The van der Waals surface area contributed by atoms with Gasteiger partial charge in [0.1, 0.15) is 12.7 Å². The van der Waals surface area contributed by atoms with Crippen molar-refractivity contribution in [1.29, 1.82) is 0 Å². The Labute approximate surface area is 96.7 Å². The number of aliphatic hydroxyl groups excluding tert-OH is 1. The van der Waals surface area contributed by atoms with Gasteiger partial charge in [0.05, 0.1) is 19.8 Å². The first kappa shape index (κ1) is 13.1. The minimum Gasteiger partial charge on any atom is -0.394 e. The van der Waals surface area contributed by atoms with Gasteiger partial charge in [-0.25, -0.2) is 4.68 Å². The van der Waals surface area contributed by atoms with E-state index in [9.17, 15) is 9.59 Å². The highest BCUT2D eigenvalue weighted by atomic mass is 16.5. The molecule has 1 heterocycles. The molecule has 0 atom stereocenters. The van der Waals surface area contributed by atoms with Crippen LogP contribution in [0.15, 0.2) is 12.7 Å². The third kappa shape index (κ3) is 5.04. The van der Waals surface area contributed by atoms with Crippen LogP contribution in [-0.4, -0.2) is 58.2 Å². The molecule has 0 fully saturated rings. The third-order valence-corrected chi connectivity index (χ3v) is 1.62. The number of hydrogen-bond donors (Lipinski definition) is 3. The molecule has 0 radical (unpaired) electrons. The summed E-state index contributed by atoms with van der Waals surface area (Å²) in [7, 11) is 0. The van der Waals surface area contributed by atoms with Crippen LogP contribution in [0.1, 0.15) is 0 Å². The van der Waals surface area contributed by atoms with Gasteiger partial charge in [0.2, 0.25) is 0 Å². The lowest BCUT2D eigenvalue weighted by Crippen LogP contribution is -2.39. The van der Waals surface area contributed by atoms with Gasteiger partial charge in [-0.3, -0.25) is 15.0 Å². The SMILES string of the molecule is O=C(NCCOCCO)C(=O)Nn1cnnc1. The number of nitrogens with zero attached hydrogens (tertiary/aromatic N) is 3. The minimum atomic E-state index is -0.827. The first-order valence-corrected chi connectivity index (χ1v) is 4.86. The molecule has 1 aromatic heterocycles.